The zero-order valence-corrected chi connectivity index (χ0v) is 16.6. The molecule has 2 rings (SSSR count). The molecule has 2 N–H and O–H groups in total. The molecule has 1 aliphatic heterocycles. The highest BCUT2D eigenvalue weighted by atomic mass is 32.2. The number of ether oxygens (including phenoxy) is 2. The van der Waals surface area contributed by atoms with E-state index in [2.05, 4.69) is 10.6 Å². The van der Waals surface area contributed by atoms with Crippen LogP contribution in [0.4, 0.5) is 4.79 Å². The first-order chi connectivity index (χ1) is 13.2. The maximum Gasteiger partial charge on any atom is 0.338 e. The highest BCUT2D eigenvalue weighted by molar-refractivity contribution is 7.90. The van der Waals surface area contributed by atoms with Crippen LogP contribution in [0.3, 0.4) is 0 Å². The highest BCUT2D eigenvalue weighted by Crippen LogP contribution is 2.18. The molecular weight excluding hydrogens is 388 g/mol. The van der Waals surface area contributed by atoms with Crippen molar-refractivity contribution >= 4 is 27.8 Å². The second-order valence-electron chi connectivity index (χ2n) is 6.04. The fourth-order valence-electron chi connectivity index (χ4n) is 2.63. The molecule has 10 heteroatoms. The molecule has 1 atom stereocenters. The quantitative estimate of drug-likeness (QED) is 0.646. The molecule has 2 amide bonds. The summed E-state index contributed by atoms with van der Waals surface area (Å²) in [4.78, 5) is 36.4. The number of rotatable bonds is 7. The molecule has 9 nitrogen and oxygen atoms in total. The number of urea groups is 1. The molecule has 0 aromatic heterocycles. The molecule has 0 radical (unpaired) electrons. The average molecular weight is 410 g/mol. The largest absolute Gasteiger partial charge is 0.463 e. The van der Waals surface area contributed by atoms with Crippen molar-refractivity contribution in [1.82, 2.24) is 10.6 Å². The highest BCUT2D eigenvalue weighted by Gasteiger charge is 2.32. The third kappa shape index (κ3) is 5.10. The monoisotopic (exact) mass is 410 g/mol. The Morgan fingerprint density at radius 3 is 2.25 bits per heavy atom. The van der Waals surface area contributed by atoms with Crippen LogP contribution in [0.1, 0.15) is 30.6 Å². The average Bonchev–Trinajstić information content (AvgIpc) is 2.65. The molecule has 1 aliphatic rings. The maximum absolute atomic E-state index is 12.3. The lowest BCUT2D eigenvalue weighted by atomic mass is 10.0. The lowest BCUT2D eigenvalue weighted by Gasteiger charge is -2.28. The van der Waals surface area contributed by atoms with Crippen LogP contribution < -0.4 is 10.6 Å². The van der Waals surface area contributed by atoms with Gasteiger partial charge in [-0.25, -0.2) is 22.8 Å². The van der Waals surface area contributed by atoms with E-state index in [1.807, 2.05) is 0 Å². The van der Waals surface area contributed by atoms with Crippen LogP contribution in [0.15, 0.2) is 40.4 Å². The zero-order chi connectivity index (χ0) is 20.9. The van der Waals surface area contributed by atoms with E-state index in [0.29, 0.717) is 6.42 Å². The van der Waals surface area contributed by atoms with Gasteiger partial charge in [-0.15, -0.1) is 0 Å². The second-order valence-corrected chi connectivity index (χ2v) is 8.06. The van der Waals surface area contributed by atoms with E-state index in [1.165, 1.54) is 24.3 Å². The number of esters is 2. The summed E-state index contributed by atoms with van der Waals surface area (Å²) in [5.74, 6) is -1.33. The lowest BCUT2D eigenvalue weighted by Crippen LogP contribution is -2.51. The minimum atomic E-state index is -3.38. The van der Waals surface area contributed by atoms with Crippen molar-refractivity contribution in [3.63, 3.8) is 0 Å². The zero-order valence-electron chi connectivity index (χ0n) is 15.8. The van der Waals surface area contributed by atoms with Crippen molar-refractivity contribution in [3.8, 4) is 0 Å². The number of amides is 2. The smallest absolute Gasteiger partial charge is 0.338 e. The molecule has 0 saturated carbocycles. The molecule has 28 heavy (non-hydrogen) atoms. The van der Waals surface area contributed by atoms with Crippen molar-refractivity contribution in [2.75, 3.05) is 19.5 Å². The van der Waals surface area contributed by atoms with Gasteiger partial charge in [0.1, 0.15) is 6.61 Å². The van der Waals surface area contributed by atoms with E-state index in [9.17, 15) is 22.8 Å². The second kappa shape index (κ2) is 8.87. The first kappa shape index (κ1) is 21.4. The maximum atomic E-state index is 12.3. The van der Waals surface area contributed by atoms with Gasteiger partial charge in [0.2, 0.25) is 0 Å². The van der Waals surface area contributed by atoms with Gasteiger partial charge in [-0.2, -0.15) is 0 Å². The van der Waals surface area contributed by atoms with E-state index < -0.39 is 33.8 Å². The Hall–Kier alpha value is -2.88. The molecule has 0 unspecified atom stereocenters. The Bertz CT molecular complexity index is 904. The van der Waals surface area contributed by atoms with E-state index in [4.69, 9.17) is 9.47 Å². The third-order valence-electron chi connectivity index (χ3n) is 4.01. The summed E-state index contributed by atoms with van der Waals surface area (Å²) in [5, 5.41) is 5.10. The topological polar surface area (TPSA) is 128 Å². The fraction of sp³-hybridized carbons (Fsp3) is 0.389. The molecule has 152 valence electrons. The van der Waals surface area contributed by atoms with Crippen LogP contribution >= 0.6 is 0 Å². The summed E-state index contributed by atoms with van der Waals surface area (Å²) in [6, 6.07) is 4.19. The van der Waals surface area contributed by atoms with Crippen LogP contribution in [0.5, 0.6) is 0 Å². The number of benzene rings is 1. The molecule has 1 aromatic rings. The standard InChI is InChI=1S/C18H22N2O7S/c1-4-13-15(17(22)26-5-2)14(20-18(23)19-13)10-27-16(21)11-6-8-12(9-7-11)28(3,24)25/h6-9,13H,4-5,10H2,1-3H3,(H2,19,20,23)/t13-/m0/s1. The van der Waals surface area contributed by atoms with Gasteiger partial charge in [0.25, 0.3) is 0 Å². The van der Waals surface area contributed by atoms with Crippen LogP contribution in [-0.2, 0) is 24.1 Å². The lowest BCUT2D eigenvalue weighted by molar-refractivity contribution is -0.139. The number of nitrogens with one attached hydrogen (secondary N) is 2. The number of carbonyl (C=O) groups excluding carboxylic acids is 3. The van der Waals surface area contributed by atoms with Crippen LogP contribution in [0, 0.1) is 0 Å². The first-order valence-corrected chi connectivity index (χ1v) is 10.5. The van der Waals surface area contributed by atoms with Crippen molar-refractivity contribution in [2.45, 2.75) is 31.2 Å². The van der Waals surface area contributed by atoms with Gasteiger partial charge in [-0.3, -0.25) is 0 Å². The summed E-state index contributed by atoms with van der Waals surface area (Å²) in [5.41, 5.74) is 0.484. The summed E-state index contributed by atoms with van der Waals surface area (Å²) in [6.07, 6.45) is 1.51. The van der Waals surface area contributed by atoms with Crippen molar-refractivity contribution in [3.05, 3.63) is 41.1 Å². The normalized spacial score (nSPS) is 16.8. The predicted octanol–water partition coefficient (Wildman–Crippen LogP) is 1.16. The van der Waals surface area contributed by atoms with Crippen LogP contribution in [0.25, 0.3) is 0 Å². The Morgan fingerprint density at radius 2 is 1.71 bits per heavy atom. The van der Waals surface area contributed by atoms with E-state index in [0.717, 1.165) is 6.26 Å². The van der Waals surface area contributed by atoms with E-state index in [1.54, 1.807) is 13.8 Å². The van der Waals surface area contributed by atoms with Crippen LogP contribution in [-0.4, -0.2) is 51.9 Å². The molecule has 1 heterocycles. The van der Waals surface area contributed by atoms with Gasteiger partial charge in [-0.1, -0.05) is 6.92 Å². The molecular formula is C18H22N2O7S. The third-order valence-corrected chi connectivity index (χ3v) is 5.14. The number of carbonyl (C=O) groups is 3. The summed E-state index contributed by atoms with van der Waals surface area (Å²) in [6.45, 7) is 3.27. The number of hydrogen-bond acceptors (Lipinski definition) is 7. The van der Waals surface area contributed by atoms with Gasteiger partial charge in [0.15, 0.2) is 9.84 Å². The summed E-state index contributed by atoms with van der Waals surface area (Å²) in [7, 11) is -3.38. The van der Waals surface area contributed by atoms with Gasteiger partial charge >= 0.3 is 18.0 Å². The van der Waals surface area contributed by atoms with Crippen molar-refractivity contribution < 1.29 is 32.3 Å². The van der Waals surface area contributed by atoms with Crippen molar-refractivity contribution in [2.24, 2.45) is 0 Å². The number of hydrogen-bond donors (Lipinski definition) is 2. The van der Waals surface area contributed by atoms with Gasteiger partial charge in [-0.05, 0) is 37.6 Å². The van der Waals surface area contributed by atoms with E-state index >= 15 is 0 Å². The molecule has 0 aliphatic carbocycles. The van der Waals surface area contributed by atoms with Crippen LogP contribution in [0.2, 0.25) is 0 Å². The molecule has 0 saturated heterocycles. The molecule has 1 aromatic carbocycles. The Labute approximate surface area is 163 Å². The molecule has 0 bridgehead atoms. The SMILES string of the molecule is CCOC(=O)C1=C(COC(=O)c2ccc(S(C)(=O)=O)cc2)NC(=O)N[C@H]1CC. The van der Waals surface area contributed by atoms with Gasteiger partial charge in [0, 0.05) is 6.26 Å². The summed E-state index contributed by atoms with van der Waals surface area (Å²) < 4.78 is 33.2. The fourth-order valence-corrected chi connectivity index (χ4v) is 3.27. The Balaban J connectivity index is 2.20. The van der Waals surface area contributed by atoms with Crippen molar-refractivity contribution in [1.29, 1.82) is 0 Å². The molecule has 0 fully saturated rings. The molecule has 0 spiro atoms. The Kier molecular flexibility index (Phi) is 6.79. The predicted molar refractivity (Wildman–Crippen MR) is 99.2 cm³/mol. The Morgan fingerprint density at radius 1 is 1.07 bits per heavy atom. The van der Waals surface area contributed by atoms with Gasteiger partial charge in [0.05, 0.1) is 34.4 Å². The minimum Gasteiger partial charge on any atom is -0.463 e. The first-order valence-electron chi connectivity index (χ1n) is 8.62. The summed E-state index contributed by atoms with van der Waals surface area (Å²) >= 11 is 0. The minimum absolute atomic E-state index is 0.0766. The van der Waals surface area contributed by atoms with Gasteiger partial charge < -0.3 is 20.1 Å². The van der Waals surface area contributed by atoms with E-state index in [-0.39, 0.29) is 34.9 Å². The number of sulfone groups is 1.